The molecule has 7 heteroatoms. The average Bonchev–Trinajstić information content (AvgIpc) is 2.71. The third-order valence-electron chi connectivity index (χ3n) is 4.55. The van der Waals surface area contributed by atoms with Crippen molar-refractivity contribution in [3.63, 3.8) is 0 Å². The zero-order valence-electron chi connectivity index (χ0n) is 15.8. The summed E-state index contributed by atoms with van der Waals surface area (Å²) in [6, 6.07) is 14.0. The zero-order chi connectivity index (χ0) is 20.1. The molecule has 0 spiro atoms. The lowest BCUT2D eigenvalue weighted by atomic mass is 9.98. The van der Waals surface area contributed by atoms with Gasteiger partial charge in [0.15, 0.2) is 6.10 Å². The number of carbonyl (C=O) groups is 3. The molecule has 1 aliphatic heterocycles. The summed E-state index contributed by atoms with van der Waals surface area (Å²) in [5, 5.41) is 2.74. The summed E-state index contributed by atoms with van der Waals surface area (Å²) in [5.41, 5.74) is 1.82. The lowest BCUT2D eigenvalue weighted by molar-refractivity contribution is -0.143. The van der Waals surface area contributed by atoms with Crippen LogP contribution in [0.3, 0.4) is 0 Å². The maximum atomic E-state index is 12.8. The molecule has 1 unspecified atom stereocenters. The van der Waals surface area contributed by atoms with Crippen LogP contribution in [0.2, 0.25) is 0 Å². The van der Waals surface area contributed by atoms with Crippen molar-refractivity contribution in [3.8, 4) is 5.75 Å². The Labute approximate surface area is 163 Å². The van der Waals surface area contributed by atoms with Gasteiger partial charge in [0.25, 0.3) is 5.91 Å². The van der Waals surface area contributed by atoms with E-state index >= 15 is 0 Å². The minimum atomic E-state index is -0.924. The van der Waals surface area contributed by atoms with Crippen LogP contribution in [0.5, 0.6) is 5.75 Å². The van der Waals surface area contributed by atoms with Crippen LogP contribution < -0.4 is 10.1 Å². The average molecular weight is 382 g/mol. The molecule has 28 heavy (non-hydrogen) atoms. The van der Waals surface area contributed by atoms with Gasteiger partial charge in [-0.25, -0.2) is 4.79 Å². The fraction of sp³-hybridized carbons (Fsp3) is 0.286. The molecular weight excluding hydrogens is 360 g/mol. The summed E-state index contributed by atoms with van der Waals surface area (Å²) in [6.07, 6.45) is -0.624. The summed E-state index contributed by atoms with van der Waals surface area (Å²) in [5.74, 6) is -0.622. The van der Waals surface area contributed by atoms with E-state index in [-0.39, 0.29) is 18.4 Å². The number of nitrogens with zero attached hydrogens (tertiary/aromatic N) is 1. The summed E-state index contributed by atoms with van der Waals surface area (Å²) in [4.78, 5) is 38.7. The number of nitrogens with one attached hydrogen (secondary N) is 1. The molecule has 2 amide bonds. The lowest BCUT2D eigenvalue weighted by Gasteiger charge is -2.29. The van der Waals surface area contributed by atoms with E-state index in [2.05, 4.69) is 5.32 Å². The minimum Gasteiger partial charge on any atom is -0.497 e. The molecule has 0 aliphatic carbocycles. The van der Waals surface area contributed by atoms with E-state index in [1.807, 2.05) is 12.1 Å². The van der Waals surface area contributed by atoms with Crippen LogP contribution in [0.25, 0.3) is 0 Å². The first-order valence-corrected chi connectivity index (χ1v) is 9.03. The number of hydrogen-bond acceptors (Lipinski definition) is 5. The number of anilines is 1. The standard InChI is InChI=1S/C21H22N2O5/c1-3-23(13-19(24)22-15-8-6-9-16(12-15)27-2)20(25)18-11-14-7-4-5-10-17(14)21(26)28-18/h4-10,12,18H,3,11,13H2,1-2H3,(H,22,24). The Morgan fingerprint density at radius 3 is 2.75 bits per heavy atom. The van der Waals surface area contributed by atoms with Gasteiger partial charge in [-0.2, -0.15) is 0 Å². The Balaban J connectivity index is 1.65. The van der Waals surface area contributed by atoms with E-state index in [0.717, 1.165) is 5.56 Å². The third kappa shape index (κ3) is 4.31. The second-order valence-electron chi connectivity index (χ2n) is 6.39. The van der Waals surface area contributed by atoms with E-state index in [4.69, 9.17) is 9.47 Å². The fourth-order valence-corrected chi connectivity index (χ4v) is 3.09. The summed E-state index contributed by atoms with van der Waals surface area (Å²) in [7, 11) is 1.54. The van der Waals surface area contributed by atoms with E-state index in [9.17, 15) is 14.4 Å². The van der Waals surface area contributed by atoms with Crippen molar-refractivity contribution in [1.29, 1.82) is 0 Å². The van der Waals surface area contributed by atoms with Crippen molar-refractivity contribution in [1.82, 2.24) is 4.90 Å². The zero-order valence-corrected chi connectivity index (χ0v) is 15.8. The number of carbonyl (C=O) groups excluding carboxylic acids is 3. The molecular formula is C21H22N2O5. The number of rotatable bonds is 6. The Kier molecular flexibility index (Phi) is 5.93. The van der Waals surface area contributed by atoms with Gasteiger partial charge in [0.1, 0.15) is 5.75 Å². The smallest absolute Gasteiger partial charge is 0.339 e. The highest BCUT2D eigenvalue weighted by Crippen LogP contribution is 2.22. The second-order valence-corrected chi connectivity index (χ2v) is 6.39. The highest BCUT2D eigenvalue weighted by Gasteiger charge is 2.34. The quantitative estimate of drug-likeness (QED) is 0.775. The third-order valence-corrected chi connectivity index (χ3v) is 4.55. The monoisotopic (exact) mass is 382 g/mol. The van der Waals surface area contributed by atoms with E-state index in [1.54, 1.807) is 50.4 Å². The highest BCUT2D eigenvalue weighted by molar-refractivity contribution is 5.98. The Bertz CT molecular complexity index is 896. The number of amides is 2. The van der Waals surface area contributed by atoms with Gasteiger partial charge >= 0.3 is 5.97 Å². The summed E-state index contributed by atoms with van der Waals surface area (Å²) < 4.78 is 10.4. The van der Waals surface area contributed by atoms with Crippen molar-refractivity contribution < 1.29 is 23.9 Å². The summed E-state index contributed by atoms with van der Waals surface area (Å²) >= 11 is 0. The first-order valence-electron chi connectivity index (χ1n) is 9.03. The molecule has 146 valence electrons. The predicted molar refractivity (Wildman–Crippen MR) is 103 cm³/mol. The Morgan fingerprint density at radius 1 is 1.21 bits per heavy atom. The van der Waals surface area contributed by atoms with E-state index in [1.165, 1.54) is 4.90 Å². The van der Waals surface area contributed by atoms with Crippen molar-refractivity contribution in [2.45, 2.75) is 19.4 Å². The van der Waals surface area contributed by atoms with Crippen LogP contribution in [-0.2, 0) is 20.7 Å². The van der Waals surface area contributed by atoms with Crippen molar-refractivity contribution >= 4 is 23.5 Å². The van der Waals surface area contributed by atoms with Gasteiger partial charge in [0, 0.05) is 24.7 Å². The minimum absolute atomic E-state index is 0.137. The van der Waals surface area contributed by atoms with Crippen LogP contribution in [0.4, 0.5) is 5.69 Å². The molecule has 2 aromatic carbocycles. The lowest BCUT2D eigenvalue weighted by Crippen LogP contribution is -2.47. The number of fused-ring (bicyclic) bond motifs is 1. The Morgan fingerprint density at radius 2 is 2.00 bits per heavy atom. The van der Waals surface area contributed by atoms with E-state index in [0.29, 0.717) is 30.0 Å². The molecule has 1 heterocycles. The molecule has 1 aliphatic rings. The first kappa shape index (κ1) is 19.4. The molecule has 1 N–H and O–H groups in total. The van der Waals surface area contributed by atoms with E-state index < -0.39 is 12.1 Å². The largest absolute Gasteiger partial charge is 0.497 e. The molecule has 2 aromatic rings. The van der Waals surface area contributed by atoms with Gasteiger partial charge in [-0.15, -0.1) is 0 Å². The maximum absolute atomic E-state index is 12.8. The summed E-state index contributed by atoms with van der Waals surface area (Å²) in [6.45, 7) is 1.96. The maximum Gasteiger partial charge on any atom is 0.339 e. The van der Waals surface area contributed by atoms with Crippen molar-refractivity contribution in [2.24, 2.45) is 0 Å². The second kappa shape index (κ2) is 8.56. The molecule has 0 saturated heterocycles. The number of methoxy groups -OCH3 is 1. The number of likely N-dealkylation sites (N-methyl/N-ethyl adjacent to an activating group) is 1. The molecule has 0 aromatic heterocycles. The van der Waals surface area contributed by atoms with Gasteiger partial charge in [-0.1, -0.05) is 24.3 Å². The van der Waals surface area contributed by atoms with Crippen LogP contribution in [-0.4, -0.2) is 49.0 Å². The number of cyclic esters (lactones) is 1. The van der Waals surface area contributed by atoms with Gasteiger partial charge in [-0.05, 0) is 30.7 Å². The van der Waals surface area contributed by atoms with Crippen LogP contribution in [0.1, 0.15) is 22.8 Å². The molecule has 1 atom stereocenters. The first-order chi connectivity index (χ1) is 13.5. The van der Waals surface area contributed by atoms with Crippen molar-refractivity contribution in [3.05, 3.63) is 59.7 Å². The van der Waals surface area contributed by atoms with Crippen LogP contribution in [0, 0.1) is 0 Å². The fourth-order valence-electron chi connectivity index (χ4n) is 3.09. The molecule has 3 rings (SSSR count). The van der Waals surface area contributed by atoms with Gasteiger partial charge in [0.05, 0.1) is 19.2 Å². The van der Waals surface area contributed by atoms with Crippen LogP contribution in [0.15, 0.2) is 48.5 Å². The molecule has 7 nitrogen and oxygen atoms in total. The predicted octanol–water partition coefficient (Wildman–Crippen LogP) is 2.26. The topological polar surface area (TPSA) is 84.9 Å². The SMILES string of the molecule is CCN(CC(=O)Nc1cccc(OC)c1)C(=O)C1Cc2ccccc2C(=O)O1. The number of hydrogen-bond donors (Lipinski definition) is 1. The van der Waals surface area contributed by atoms with Gasteiger partial charge in [-0.3, -0.25) is 9.59 Å². The Hall–Kier alpha value is -3.35. The number of benzene rings is 2. The van der Waals surface area contributed by atoms with Gasteiger partial charge in [0.2, 0.25) is 5.91 Å². The molecule has 0 saturated carbocycles. The highest BCUT2D eigenvalue weighted by atomic mass is 16.5. The molecule has 0 radical (unpaired) electrons. The van der Waals surface area contributed by atoms with Gasteiger partial charge < -0.3 is 19.7 Å². The normalized spacial score (nSPS) is 15.2. The number of ether oxygens (including phenoxy) is 2. The molecule has 0 bridgehead atoms. The van der Waals surface area contributed by atoms with Crippen molar-refractivity contribution in [2.75, 3.05) is 25.5 Å². The number of esters is 1. The molecule has 0 fully saturated rings. The van der Waals surface area contributed by atoms with Crippen LogP contribution >= 0.6 is 0 Å².